The molecule has 0 saturated carbocycles. The fourth-order valence-corrected chi connectivity index (χ4v) is 2.54. The smallest absolute Gasteiger partial charge is 0.184 e. The van der Waals surface area contributed by atoms with E-state index in [0.717, 1.165) is 9.32 Å². The summed E-state index contributed by atoms with van der Waals surface area (Å²) in [5.41, 5.74) is 1.27. The van der Waals surface area contributed by atoms with Gasteiger partial charge in [0.2, 0.25) is 0 Å². The number of Topliss-reactive ketones (excluding diaryl/α,β-unsaturated/α-hetero) is 1. The van der Waals surface area contributed by atoms with Gasteiger partial charge < -0.3 is 9.47 Å². The minimum Gasteiger partial charge on any atom is -0.497 e. The Morgan fingerprint density at radius 1 is 1.08 bits per heavy atom. The van der Waals surface area contributed by atoms with Crippen molar-refractivity contribution in [2.45, 2.75) is 13.2 Å². The maximum absolute atomic E-state index is 12.3. The number of rotatable bonds is 7. The second-order valence-electron chi connectivity index (χ2n) is 5.30. The summed E-state index contributed by atoms with van der Waals surface area (Å²) in [5.74, 6) is 1.44. The SMILES string of the molecule is COc1ccc(C(=O)Cn2cc(COc3ccc(I)cc3)nn2)cc1. The lowest BCUT2D eigenvalue weighted by atomic mass is 10.1. The number of hydrogen-bond donors (Lipinski definition) is 0. The van der Waals surface area contributed by atoms with Crippen molar-refractivity contribution in [3.05, 3.63) is 69.6 Å². The molecule has 0 saturated heterocycles. The van der Waals surface area contributed by atoms with Gasteiger partial charge in [0, 0.05) is 9.13 Å². The Hall–Kier alpha value is -2.42. The van der Waals surface area contributed by atoms with Crippen molar-refractivity contribution in [2.75, 3.05) is 7.11 Å². The number of benzene rings is 2. The summed E-state index contributed by atoms with van der Waals surface area (Å²) in [4.78, 5) is 12.3. The lowest BCUT2D eigenvalue weighted by Crippen LogP contribution is -2.11. The molecule has 3 rings (SSSR count). The zero-order valence-corrected chi connectivity index (χ0v) is 15.7. The van der Waals surface area contributed by atoms with Gasteiger partial charge in [0.15, 0.2) is 5.78 Å². The molecule has 3 aromatic rings. The van der Waals surface area contributed by atoms with Crippen molar-refractivity contribution in [2.24, 2.45) is 0 Å². The van der Waals surface area contributed by atoms with Crippen LogP contribution in [0, 0.1) is 3.57 Å². The summed E-state index contributed by atoms with van der Waals surface area (Å²) < 4.78 is 13.4. The third-order valence-corrected chi connectivity index (χ3v) is 4.22. The highest BCUT2D eigenvalue weighted by atomic mass is 127. The van der Waals surface area contributed by atoms with Crippen molar-refractivity contribution in [1.29, 1.82) is 0 Å². The highest BCUT2D eigenvalue weighted by molar-refractivity contribution is 14.1. The van der Waals surface area contributed by atoms with Crippen LogP contribution in [-0.2, 0) is 13.2 Å². The van der Waals surface area contributed by atoms with Gasteiger partial charge in [-0.2, -0.15) is 0 Å². The zero-order valence-electron chi connectivity index (χ0n) is 13.6. The van der Waals surface area contributed by atoms with E-state index in [1.54, 1.807) is 37.6 Å². The summed E-state index contributed by atoms with van der Waals surface area (Å²) in [6.07, 6.45) is 1.72. The summed E-state index contributed by atoms with van der Waals surface area (Å²) >= 11 is 2.24. The van der Waals surface area contributed by atoms with Gasteiger partial charge in [-0.1, -0.05) is 5.21 Å². The van der Waals surface area contributed by atoms with Crippen LogP contribution in [0.2, 0.25) is 0 Å². The Morgan fingerprint density at radius 3 is 2.44 bits per heavy atom. The Labute approximate surface area is 158 Å². The monoisotopic (exact) mass is 449 g/mol. The van der Waals surface area contributed by atoms with Gasteiger partial charge in [0.1, 0.15) is 30.3 Å². The Bertz CT molecular complexity index is 845. The van der Waals surface area contributed by atoms with Crippen LogP contribution >= 0.6 is 22.6 Å². The van der Waals surface area contributed by atoms with Crippen LogP contribution in [0.3, 0.4) is 0 Å². The van der Waals surface area contributed by atoms with Gasteiger partial charge in [0.05, 0.1) is 13.3 Å². The molecule has 0 radical (unpaired) electrons. The standard InChI is InChI=1S/C18H16IN3O3/c1-24-16-6-2-13(3-7-16)18(23)11-22-10-15(20-21-22)12-25-17-8-4-14(19)5-9-17/h2-10H,11-12H2,1H3. The van der Waals surface area contributed by atoms with Crippen molar-refractivity contribution in [3.63, 3.8) is 0 Å². The number of methoxy groups -OCH3 is 1. The molecule has 0 aliphatic carbocycles. The molecule has 0 bridgehead atoms. The molecule has 6 nitrogen and oxygen atoms in total. The summed E-state index contributed by atoms with van der Waals surface area (Å²) in [6, 6.07) is 14.7. The highest BCUT2D eigenvalue weighted by Crippen LogP contribution is 2.15. The molecule has 1 aromatic heterocycles. The molecule has 0 N–H and O–H groups in total. The van der Waals surface area contributed by atoms with E-state index in [4.69, 9.17) is 9.47 Å². The van der Waals surface area contributed by atoms with E-state index in [2.05, 4.69) is 32.9 Å². The molecule has 0 spiro atoms. The fourth-order valence-electron chi connectivity index (χ4n) is 2.19. The Balaban J connectivity index is 1.57. The molecule has 0 aliphatic rings. The average Bonchev–Trinajstić information content (AvgIpc) is 3.08. The largest absolute Gasteiger partial charge is 0.497 e. The topological polar surface area (TPSA) is 66.2 Å². The average molecular weight is 449 g/mol. The van der Waals surface area contributed by atoms with Gasteiger partial charge in [-0.25, -0.2) is 4.68 Å². The molecule has 0 atom stereocenters. The minimum absolute atomic E-state index is 0.0438. The lowest BCUT2D eigenvalue weighted by molar-refractivity contribution is 0.0967. The highest BCUT2D eigenvalue weighted by Gasteiger charge is 2.09. The zero-order chi connectivity index (χ0) is 17.6. The number of ether oxygens (including phenoxy) is 2. The third kappa shape index (κ3) is 4.79. The quantitative estimate of drug-likeness (QED) is 0.409. The van der Waals surface area contributed by atoms with Gasteiger partial charge >= 0.3 is 0 Å². The summed E-state index contributed by atoms with van der Waals surface area (Å²) in [6.45, 7) is 0.431. The van der Waals surface area contributed by atoms with Crippen LogP contribution in [0.5, 0.6) is 11.5 Å². The Morgan fingerprint density at radius 2 is 1.76 bits per heavy atom. The van der Waals surface area contributed by atoms with Crippen LogP contribution in [-0.4, -0.2) is 27.9 Å². The number of hydrogen-bond acceptors (Lipinski definition) is 5. The van der Waals surface area contributed by atoms with Crippen LogP contribution in [0.1, 0.15) is 16.1 Å². The van der Waals surface area contributed by atoms with E-state index in [0.29, 0.717) is 23.6 Å². The molecule has 0 amide bonds. The predicted octanol–water partition coefficient (Wildman–Crippen LogP) is 3.35. The number of carbonyl (C=O) groups excluding carboxylic acids is 1. The first-order valence-corrected chi connectivity index (χ1v) is 8.66. The first-order valence-electron chi connectivity index (χ1n) is 7.58. The molecular weight excluding hydrogens is 433 g/mol. The third-order valence-electron chi connectivity index (χ3n) is 3.50. The number of aromatic nitrogens is 3. The predicted molar refractivity (Wildman–Crippen MR) is 101 cm³/mol. The van der Waals surface area contributed by atoms with E-state index < -0.39 is 0 Å². The van der Waals surface area contributed by atoms with Gasteiger partial charge in [-0.15, -0.1) is 5.10 Å². The van der Waals surface area contributed by atoms with Crippen LogP contribution < -0.4 is 9.47 Å². The number of ketones is 1. The molecule has 7 heteroatoms. The Kier molecular flexibility index (Phi) is 5.64. The van der Waals surface area contributed by atoms with Crippen molar-refractivity contribution in [1.82, 2.24) is 15.0 Å². The van der Waals surface area contributed by atoms with E-state index >= 15 is 0 Å². The van der Waals surface area contributed by atoms with E-state index in [-0.39, 0.29) is 12.3 Å². The first kappa shape index (κ1) is 17.4. The minimum atomic E-state index is -0.0438. The maximum Gasteiger partial charge on any atom is 0.184 e. The molecule has 25 heavy (non-hydrogen) atoms. The van der Waals surface area contributed by atoms with Crippen LogP contribution in [0.25, 0.3) is 0 Å². The fraction of sp³-hybridized carbons (Fsp3) is 0.167. The van der Waals surface area contributed by atoms with Gasteiger partial charge in [-0.3, -0.25) is 4.79 Å². The molecule has 128 valence electrons. The second kappa shape index (κ2) is 8.11. The van der Waals surface area contributed by atoms with E-state index in [1.807, 2.05) is 24.3 Å². The molecule has 2 aromatic carbocycles. The molecular formula is C18H16IN3O3. The maximum atomic E-state index is 12.3. The van der Waals surface area contributed by atoms with Gasteiger partial charge in [-0.05, 0) is 71.1 Å². The molecule has 0 aliphatic heterocycles. The summed E-state index contributed by atoms with van der Waals surface area (Å²) in [5, 5.41) is 8.02. The van der Waals surface area contributed by atoms with E-state index in [1.165, 1.54) is 4.68 Å². The van der Waals surface area contributed by atoms with Crippen LogP contribution in [0.4, 0.5) is 0 Å². The molecule has 0 fully saturated rings. The first-order chi connectivity index (χ1) is 12.1. The van der Waals surface area contributed by atoms with Crippen molar-refractivity contribution >= 4 is 28.4 Å². The number of halogens is 1. The lowest BCUT2D eigenvalue weighted by Gasteiger charge is -2.03. The van der Waals surface area contributed by atoms with Crippen molar-refractivity contribution in [3.8, 4) is 11.5 Å². The molecule has 0 unspecified atom stereocenters. The summed E-state index contributed by atoms with van der Waals surface area (Å²) in [7, 11) is 1.59. The second-order valence-corrected chi connectivity index (χ2v) is 6.55. The number of nitrogens with zero attached hydrogens (tertiary/aromatic N) is 3. The molecule has 1 heterocycles. The normalized spacial score (nSPS) is 10.5. The van der Waals surface area contributed by atoms with Crippen molar-refractivity contribution < 1.29 is 14.3 Å². The van der Waals surface area contributed by atoms with E-state index in [9.17, 15) is 4.79 Å². The van der Waals surface area contributed by atoms with Gasteiger partial charge in [0.25, 0.3) is 0 Å². The van der Waals surface area contributed by atoms with Crippen LogP contribution in [0.15, 0.2) is 54.7 Å². The number of carbonyl (C=O) groups is 1.